The maximum absolute atomic E-state index is 13.1. The highest BCUT2D eigenvalue weighted by atomic mass is 16.6. The molecule has 0 radical (unpaired) electrons. The van der Waals surface area contributed by atoms with Crippen LogP contribution in [0.2, 0.25) is 0 Å². The summed E-state index contributed by atoms with van der Waals surface area (Å²) in [6, 6.07) is -0.265. The summed E-state index contributed by atoms with van der Waals surface area (Å²) in [5.74, 6) is -0.911. The Labute approximate surface area is 194 Å². The number of amides is 2. The van der Waals surface area contributed by atoms with Crippen LogP contribution in [0.3, 0.4) is 0 Å². The van der Waals surface area contributed by atoms with E-state index in [-0.39, 0.29) is 48.3 Å². The lowest BCUT2D eigenvalue weighted by atomic mass is 9.86. The summed E-state index contributed by atoms with van der Waals surface area (Å²) in [6.07, 6.45) is 1.64. The van der Waals surface area contributed by atoms with Gasteiger partial charge in [-0.3, -0.25) is 4.79 Å². The lowest BCUT2D eigenvalue weighted by Crippen LogP contribution is -2.45. The van der Waals surface area contributed by atoms with E-state index in [2.05, 4.69) is 0 Å². The molecular weight excluding hydrogens is 426 g/mol. The molecule has 0 spiro atoms. The molecule has 33 heavy (non-hydrogen) atoms. The van der Waals surface area contributed by atoms with Gasteiger partial charge >= 0.3 is 12.1 Å². The van der Waals surface area contributed by atoms with Gasteiger partial charge in [0.1, 0.15) is 30.3 Å². The van der Waals surface area contributed by atoms with Crippen LogP contribution in [0.25, 0.3) is 0 Å². The molecule has 2 heterocycles. The number of ether oxygens (including phenoxy) is 3. The van der Waals surface area contributed by atoms with E-state index in [1.54, 1.807) is 6.92 Å². The number of allylic oxidation sites excluding steroid dienone is 2. The Hall–Kier alpha value is -3.03. The molecule has 8 nitrogen and oxygen atoms in total. The summed E-state index contributed by atoms with van der Waals surface area (Å²) in [6.45, 7) is 11.7. The summed E-state index contributed by atoms with van der Waals surface area (Å²) < 4.78 is 15.8. The maximum Gasteiger partial charge on any atom is 0.416 e. The molecule has 1 aromatic rings. The van der Waals surface area contributed by atoms with Gasteiger partial charge in [0.05, 0.1) is 13.2 Å². The number of imide groups is 1. The van der Waals surface area contributed by atoms with Gasteiger partial charge in [0.25, 0.3) is 0 Å². The summed E-state index contributed by atoms with van der Waals surface area (Å²) in [5, 5.41) is 10.8. The van der Waals surface area contributed by atoms with Crippen LogP contribution >= 0.6 is 0 Å². The number of hydrogen-bond donors (Lipinski definition) is 1. The molecule has 1 N–H and O–H groups in total. The van der Waals surface area contributed by atoms with E-state index in [0.717, 1.165) is 11.1 Å². The number of aromatic hydroxyl groups is 1. The van der Waals surface area contributed by atoms with Crippen molar-refractivity contribution in [1.82, 2.24) is 4.90 Å². The monoisotopic (exact) mass is 459 g/mol. The van der Waals surface area contributed by atoms with E-state index in [9.17, 15) is 19.5 Å². The molecule has 8 heteroatoms. The molecule has 0 unspecified atom stereocenters. The van der Waals surface area contributed by atoms with Gasteiger partial charge in [0.2, 0.25) is 5.91 Å². The second-order valence-corrected chi connectivity index (χ2v) is 9.24. The number of cyclic esters (lactones) is 2. The standard InChI is InChI=1S/C25H33NO7/c1-12(2)19-11-33-25(30)26(19)23(28)15(5)14(4)13(3)8-9-17-21(27)20-18(10-32-24(20)29)16(6)22(17)31-7/h8,12,14-15,19,27H,9-11H2,1-7H3/b13-8+/t14-,15+,19-/m1/s1. The SMILES string of the molecule is COc1c(C)c2c(c(O)c1C/C=C(\C)[C@@H](C)[C@H](C)C(=O)N1C(=O)OC[C@@H]1C(C)C)C(=O)OC2. The lowest BCUT2D eigenvalue weighted by molar-refractivity contribution is -0.134. The second kappa shape index (κ2) is 9.45. The number of nitrogens with zero attached hydrogens (tertiary/aromatic N) is 1. The molecule has 1 aromatic carbocycles. The smallest absolute Gasteiger partial charge is 0.416 e. The van der Waals surface area contributed by atoms with Gasteiger partial charge in [-0.1, -0.05) is 39.3 Å². The van der Waals surface area contributed by atoms with Crippen molar-refractivity contribution in [3.8, 4) is 11.5 Å². The first kappa shape index (κ1) is 24.6. The van der Waals surface area contributed by atoms with Gasteiger partial charge < -0.3 is 19.3 Å². The zero-order chi connectivity index (χ0) is 24.6. The number of hydrogen-bond acceptors (Lipinski definition) is 7. The third-order valence-electron chi connectivity index (χ3n) is 7.05. The number of methoxy groups -OCH3 is 1. The van der Waals surface area contributed by atoms with E-state index in [1.165, 1.54) is 12.0 Å². The van der Waals surface area contributed by atoms with Crippen LogP contribution in [0.1, 0.15) is 61.7 Å². The van der Waals surface area contributed by atoms with E-state index in [4.69, 9.17) is 14.2 Å². The number of esters is 1. The highest BCUT2D eigenvalue weighted by Gasteiger charge is 2.42. The molecule has 1 fully saturated rings. The van der Waals surface area contributed by atoms with Gasteiger partial charge in [0.15, 0.2) is 0 Å². The Balaban J connectivity index is 1.83. The van der Waals surface area contributed by atoms with Crippen LogP contribution in [0, 0.1) is 24.7 Å². The molecule has 180 valence electrons. The molecule has 2 aliphatic heterocycles. The normalized spacial score (nSPS) is 19.9. The quantitative estimate of drug-likeness (QED) is 0.483. The molecule has 1 saturated heterocycles. The third-order valence-corrected chi connectivity index (χ3v) is 7.05. The van der Waals surface area contributed by atoms with E-state index >= 15 is 0 Å². The zero-order valence-corrected chi connectivity index (χ0v) is 20.4. The molecule has 0 saturated carbocycles. The Bertz CT molecular complexity index is 1010. The average Bonchev–Trinajstić information content (AvgIpc) is 3.36. The Kier molecular flexibility index (Phi) is 7.05. The second-order valence-electron chi connectivity index (χ2n) is 9.24. The number of benzene rings is 1. The molecule has 0 aromatic heterocycles. The molecule has 3 rings (SSSR count). The lowest BCUT2D eigenvalue weighted by Gasteiger charge is -2.28. The number of phenolic OH excluding ortho intramolecular Hbond substituents is 1. The average molecular weight is 460 g/mol. The van der Waals surface area contributed by atoms with Gasteiger partial charge in [-0.25, -0.2) is 14.5 Å². The van der Waals surface area contributed by atoms with Gasteiger partial charge in [-0.2, -0.15) is 0 Å². The molecular formula is C25H33NO7. The summed E-state index contributed by atoms with van der Waals surface area (Å²) in [5.41, 5.74) is 3.02. The molecule has 0 aliphatic carbocycles. The van der Waals surface area contributed by atoms with Crippen molar-refractivity contribution in [1.29, 1.82) is 0 Å². The highest BCUT2D eigenvalue weighted by molar-refractivity contribution is 5.98. The van der Waals surface area contributed by atoms with Gasteiger partial charge in [-0.15, -0.1) is 0 Å². The van der Waals surface area contributed by atoms with E-state index in [1.807, 2.05) is 40.7 Å². The van der Waals surface area contributed by atoms with Gasteiger partial charge in [-0.05, 0) is 37.7 Å². The Morgan fingerprint density at radius 2 is 1.88 bits per heavy atom. The Morgan fingerprint density at radius 3 is 2.48 bits per heavy atom. The maximum atomic E-state index is 13.1. The predicted octanol–water partition coefficient (Wildman–Crippen LogP) is 4.14. The van der Waals surface area contributed by atoms with Gasteiger partial charge in [0, 0.05) is 17.0 Å². The number of phenols is 1. The molecule has 0 bridgehead atoms. The summed E-state index contributed by atoms with van der Waals surface area (Å²) in [4.78, 5) is 38.7. The third kappa shape index (κ3) is 4.30. The first-order valence-electron chi connectivity index (χ1n) is 11.3. The number of rotatable bonds is 7. The minimum Gasteiger partial charge on any atom is -0.507 e. The predicted molar refractivity (Wildman–Crippen MR) is 121 cm³/mol. The van der Waals surface area contributed by atoms with Crippen LogP contribution in [-0.2, 0) is 27.3 Å². The van der Waals surface area contributed by atoms with Crippen molar-refractivity contribution in [2.45, 2.75) is 60.6 Å². The zero-order valence-electron chi connectivity index (χ0n) is 20.4. The van der Waals surface area contributed by atoms with Crippen LogP contribution < -0.4 is 4.74 Å². The number of fused-ring (bicyclic) bond motifs is 1. The minimum absolute atomic E-state index is 0.102. The van der Waals surface area contributed by atoms with Crippen molar-refractivity contribution < 1.29 is 33.7 Å². The number of carbonyl (C=O) groups is 3. The highest BCUT2D eigenvalue weighted by Crippen LogP contribution is 2.42. The first-order valence-corrected chi connectivity index (χ1v) is 11.3. The molecule has 2 amide bonds. The fourth-order valence-corrected chi connectivity index (χ4v) is 4.48. The van der Waals surface area contributed by atoms with E-state index < -0.39 is 18.0 Å². The summed E-state index contributed by atoms with van der Waals surface area (Å²) in [7, 11) is 1.52. The fourth-order valence-electron chi connectivity index (χ4n) is 4.48. The van der Waals surface area contributed by atoms with Crippen LogP contribution in [-0.4, -0.2) is 47.7 Å². The van der Waals surface area contributed by atoms with Crippen LogP contribution in [0.5, 0.6) is 11.5 Å². The van der Waals surface area contributed by atoms with E-state index in [0.29, 0.717) is 23.3 Å². The summed E-state index contributed by atoms with van der Waals surface area (Å²) >= 11 is 0. The van der Waals surface area contributed by atoms with Crippen molar-refractivity contribution >= 4 is 18.0 Å². The van der Waals surface area contributed by atoms with Crippen molar-refractivity contribution in [3.05, 3.63) is 33.9 Å². The fraction of sp³-hybridized carbons (Fsp3) is 0.560. The number of carbonyl (C=O) groups excluding carboxylic acids is 3. The molecule has 2 aliphatic rings. The van der Waals surface area contributed by atoms with Crippen LogP contribution in [0.15, 0.2) is 11.6 Å². The van der Waals surface area contributed by atoms with Crippen LogP contribution in [0.4, 0.5) is 4.79 Å². The van der Waals surface area contributed by atoms with Crippen molar-refractivity contribution in [2.75, 3.05) is 13.7 Å². The van der Waals surface area contributed by atoms with Crippen molar-refractivity contribution in [3.63, 3.8) is 0 Å². The topological polar surface area (TPSA) is 102 Å². The minimum atomic E-state index is -0.588. The Morgan fingerprint density at radius 1 is 1.21 bits per heavy atom. The first-order chi connectivity index (χ1) is 15.5. The van der Waals surface area contributed by atoms with Crippen molar-refractivity contribution in [2.24, 2.45) is 17.8 Å². The largest absolute Gasteiger partial charge is 0.507 e. The molecule has 3 atom stereocenters.